The number of nitrogens with one attached hydrogen (secondary N) is 2. The first kappa shape index (κ1) is 28.8. The predicted molar refractivity (Wildman–Crippen MR) is 160 cm³/mol. The maximum absolute atomic E-state index is 12.4. The van der Waals surface area contributed by atoms with Crippen LogP contribution in [0.3, 0.4) is 0 Å². The van der Waals surface area contributed by atoms with Gasteiger partial charge in [-0.2, -0.15) is 0 Å². The molecule has 11 nitrogen and oxygen atoms in total. The summed E-state index contributed by atoms with van der Waals surface area (Å²) in [6.45, 7) is 4.16. The largest absolute Gasteiger partial charge is 0.489 e. The minimum atomic E-state index is -0.375. The molecule has 0 bridgehead atoms. The fraction of sp³-hybridized carbons (Fsp3) is 0.500. The highest BCUT2D eigenvalue weighted by atomic mass is 16.6. The minimum absolute atomic E-state index is 0.000502. The number of fused-ring (bicyclic) bond motifs is 4. The second-order valence-electron chi connectivity index (χ2n) is 11.1. The first-order valence-electron chi connectivity index (χ1n) is 15.4. The zero-order valence-corrected chi connectivity index (χ0v) is 24.4. The Morgan fingerprint density at radius 3 is 2.72 bits per heavy atom. The number of rotatable bonds is 9. The Morgan fingerprint density at radius 2 is 1.77 bits per heavy atom. The van der Waals surface area contributed by atoms with Crippen LogP contribution >= 0.6 is 0 Å². The van der Waals surface area contributed by atoms with Gasteiger partial charge < -0.3 is 34.5 Å². The van der Waals surface area contributed by atoms with E-state index in [4.69, 9.17) is 23.9 Å². The third kappa shape index (κ3) is 7.39. The van der Waals surface area contributed by atoms with Gasteiger partial charge >= 0.3 is 6.09 Å². The Morgan fingerprint density at radius 1 is 0.907 bits per heavy atom. The van der Waals surface area contributed by atoms with E-state index in [0.717, 1.165) is 61.2 Å². The van der Waals surface area contributed by atoms with Crippen molar-refractivity contribution in [2.45, 2.75) is 57.5 Å². The van der Waals surface area contributed by atoms with Crippen LogP contribution in [0.1, 0.15) is 51.4 Å². The highest BCUT2D eigenvalue weighted by Gasteiger charge is 2.24. The summed E-state index contributed by atoms with van der Waals surface area (Å²) >= 11 is 0. The smallest absolute Gasteiger partial charge is 0.407 e. The molecule has 2 amide bonds. The Hall–Kier alpha value is -4.28. The normalized spacial score (nSPS) is 19.0. The minimum Gasteiger partial charge on any atom is -0.489 e. The van der Waals surface area contributed by atoms with Gasteiger partial charge in [-0.25, -0.2) is 9.79 Å². The van der Waals surface area contributed by atoms with E-state index >= 15 is 0 Å². The van der Waals surface area contributed by atoms with Gasteiger partial charge in [0.2, 0.25) is 5.91 Å². The average Bonchev–Trinajstić information content (AvgIpc) is 2.99. The van der Waals surface area contributed by atoms with Crippen LogP contribution in [0, 0.1) is 0 Å². The molecule has 2 aromatic carbocycles. The fourth-order valence-corrected chi connectivity index (χ4v) is 5.67. The Balaban J connectivity index is 0.937. The van der Waals surface area contributed by atoms with E-state index in [1.165, 1.54) is 0 Å². The summed E-state index contributed by atoms with van der Waals surface area (Å²) in [6.07, 6.45) is 10.5. The van der Waals surface area contributed by atoms with Gasteiger partial charge in [-0.15, -0.1) is 0 Å². The van der Waals surface area contributed by atoms with Crippen LogP contribution in [0.4, 0.5) is 16.2 Å². The number of benzene rings is 2. The zero-order chi connectivity index (χ0) is 29.4. The number of ether oxygens (including phenoxy) is 4. The maximum atomic E-state index is 12.4. The van der Waals surface area contributed by atoms with Gasteiger partial charge in [0.25, 0.3) is 0 Å². The SMILES string of the molecule is O=C(CCCN1CCOc2cc3c(cc21)Oc1cc2c(cc1=N3)OCCN=2)NCCCNC(=O)O[C@H]1CC/C=C/CCC1. The van der Waals surface area contributed by atoms with Crippen LogP contribution in [0.5, 0.6) is 23.0 Å². The molecule has 2 aromatic rings. The number of hydrogen-bond acceptors (Lipinski definition) is 9. The van der Waals surface area contributed by atoms with Gasteiger partial charge in [0, 0.05) is 50.3 Å². The second kappa shape index (κ2) is 13.8. The molecule has 6 rings (SSSR count). The topological polar surface area (TPSA) is 123 Å². The zero-order valence-electron chi connectivity index (χ0n) is 24.4. The number of hydrogen-bond donors (Lipinski definition) is 2. The summed E-state index contributed by atoms with van der Waals surface area (Å²) in [6, 6.07) is 7.63. The van der Waals surface area contributed by atoms with Crippen molar-refractivity contribution in [1.82, 2.24) is 10.6 Å². The van der Waals surface area contributed by atoms with Crippen molar-refractivity contribution in [2.75, 3.05) is 50.8 Å². The monoisotopic (exact) mass is 589 g/mol. The molecule has 1 aliphatic carbocycles. The summed E-state index contributed by atoms with van der Waals surface area (Å²) in [7, 11) is 0. The van der Waals surface area contributed by atoms with Crippen LogP contribution < -0.4 is 40.5 Å². The summed E-state index contributed by atoms with van der Waals surface area (Å²) in [5.74, 6) is 2.79. The number of carbonyl (C=O) groups is 2. The lowest BCUT2D eigenvalue weighted by Crippen LogP contribution is -2.35. The van der Waals surface area contributed by atoms with Gasteiger partial charge in [-0.05, 0) is 44.9 Å². The standard InChI is InChI=1S/C32H39N5O6/c38-31(34-11-7-12-35-32(39)42-22-8-4-2-1-3-5-9-22)10-6-14-37-15-17-41-30-20-25-29(21-26(30)37)43-28-18-23-27(19-24(28)36-25)40-16-13-33-23/h1-2,18-22H,3-17H2,(H,34,38)(H,35,39)/b2-1+/t22-/m0/s1. The first-order chi connectivity index (χ1) is 21.1. The highest BCUT2D eigenvalue weighted by molar-refractivity contribution is 5.76. The lowest BCUT2D eigenvalue weighted by molar-refractivity contribution is -0.121. The summed E-state index contributed by atoms with van der Waals surface area (Å²) in [5, 5.41) is 7.24. The Bertz CT molecular complexity index is 1490. The predicted octanol–water partition coefficient (Wildman–Crippen LogP) is 3.86. The molecule has 0 aromatic heterocycles. The van der Waals surface area contributed by atoms with Crippen LogP contribution in [0.25, 0.3) is 0 Å². The molecule has 0 saturated heterocycles. The number of anilines is 1. The molecule has 43 heavy (non-hydrogen) atoms. The first-order valence-corrected chi connectivity index (χ1v) is 15.4. The molecule has 0 spiro atoms. The molecule has 0 saturated carbocycles. The molecule has 3 heterocycles. The van der Waals surface area contributed by atoms with Crippen molar-refractivity contribution in [3.8, 4) is 23.0 Å². The Kier molecular flexibility index (Phi) is 9.25. The van der Waals surface area contributed by atoms with E-state index in [-0.39, 0.29) is 18.1 Å². The van der Waals surface area contributed by atoms with Gasteiger partial charge in [0.15, 0.2) is 11.5 Å². The summed E-state index contributed by atoms with van der Waals surface area (Å²) in [5.41, 5.74) is 1.64. The van der Waals surface area contributed by atoms with Crippen molar-refractivity contribution in [3.05, 3.63) is 47.1 Å². The molecular weight excluding hydrogens is 550 g/mol. The van der Waals surface area contributed by atoms with Crippen molar-refractivity contribution in [2.24, 2.45) is 9.98 Å². The lowest BCUT2D eigenvalue weighted by Gasteiger charge is -2.32. The van der Waals surface area contributed by atoms with Crippen molar-refractivity contribution >= 4 is 23.4 Å². The molecule has 11 heteroatoms. The maximum Gasteiger partial charge on any atom is 0.407 e. The molecular formula is C32H39N5O6. The third-order valence-corrected chi connectivity index (χ3v) is 7.90. The van der Waals surface area contributed by atoms with Gasteiger partial charge in [0.1, 0.15) is 47.2 Å². The average molecular weight is 590 g/mol. The van der Waals surface area contributed by atoms with Crippen molar-refractivity contribution in [1.29, 1.82) is 0 Å². The van der Waals surface area contributed by atoms with E-state index in [0.29, 0.717) is 81.2 Å². The van der Waals surface area contributed by atoms with Crippen LogP contribution in [0.15, 0.2) is 46.4 Å². The van der Waals surface area contributed by atoms with E-state index in [2.05, 4.69) is 32.7 Å². The molecule has 1 atom stereocenters. The summed E-state index contributed by atoms with van der Waals surface area (Å²) < 4.78 is 23.5. The second-order valence-corrected chi connectivity index (χ2v) is 11.1. The van der Waals surface area contributed by atoms with E-state index < -0.39 is 0 Å². The molecule has 0 fully saturated rings. The van der Waals surface area contributed by atoms with Crippen LogP contribution in [-0.4, -0.2) is 64.0 Å². The number of nitrogens with zero attached hydrogens (tertiary/aromatic N) is 3. The van der Waals surface area contributed by atoms with E-state index in [1.807, 2.05) is 24.3 Å². The molecule has 0 unspecified atom stereocenters. The lowest BCUT2D eigenvalue weighted by atomic mass is 10.0. The molecule has 0 radical (unpaired) electrons. The number of carbonyl (C=O) groups excluding carboxylic acids is 2. The molecule has 228 valence electrons. The van der Waals surface area contributed by atoms with Crippen molar-refractivity contribution in [3.63, 3.8) is 0 Å². The van der Waals surface area contributed by atoms with Crippen molar-refractivity contribution < 1.29 is 28.5 Å². The fourth-order valence-electron chi connectivity index (χ4n) is 5.67. The third-order valence-electron chi connectivity index (χ3n) is 7.90. The number of alkyl carbamates (subject to hydrolysis) is 1. The number of allylic oxidation sites excluding steroid dienone is 2. The number of amides is 2. The highest BCUT2D eigenvalue weighted by Crippen LogP contribution is 2.44. The van der Waals surface area contributed by atoms with E-state index in [9.17, 15) is 9.59 Å². The van der Waals surface area contributed by atoms with Gasteiger partial charge in [-0.3, -0.25) is 9.79 Å². The summed E-state index contributed by atoms with van der Waals surface area (Å²) in [4.78, 5) is 36.1. The molecule has 4 aliphatic rings. The molecule has 2 N–H and O–H groups in total. The van der Waals surface area contributed by atoms with Crippen LogP contribution in [0.2, 0.25) is 0 Å². The van der Waals surface area contributed by atoms with E-state index in [1.54, 1.807) is 0 Å². The quantitative estimate of drug-likeness (QED) is 0.287. The van der Waals surface area contributed by atoms with Crippen LogP contribution in [-0.2, 0) is 9.53 Å². The Labute approximate surface area is 251 Å². The van der Waals surface area contributed by atoms with Gasteiger partial charge in [-0.1, -0.05) is 12.2 Å². The molecule has 3 aliphatic heterocycles. The van der Waals surface area contributed by atoms with Gasteiger partial charge in [0.05, 0.1) is 18.8 Å².